The number of benzene rings is 1. The second-order valence-electron chi connectivity index (χ2n) is 9.97. The molecule has 0 bridgehead atoms. The summed E-state index contributed by atoms with van der Waals surface area (Å²) >= 11 is 0. The highest BCUT2D eigenvalue weighted by molar-refractivity contribution is 5.57. The van der Waals surface area contributed by atoms with E-state index in [0.29, 0.717) is 5.95 Å². The Hall–Kier alpha value is -3.26. The van der Waals surface area contributed by atoms with Crippen molar-refractivity contribution >= 4 is 17.6 Å². The first-order valence-corrected chi connectivity index (χ1v) is 12.3. The second kappa shape index (κ2) is 8.51. The van der Waals surface area contributed by atoms with Crippen LogP contribution in [-0.2, 0) is 11.8 Å². The van der Waals surface area contributed by atoms with Gasteiger partial charge in [0.1, 0.15) is 11.6 Å². The number of aryl methyl sites for hydroxylation is 1. The molecule has 1 unspecified atom stereocenters. The molecule has 0 amide bonds. The number of hydrogen-bond donors (Lipinski definition) is 1. The monoisotopic (exact) mass is 456 g/mol. The Morgan fingerprint density at radius 3 is 2.44 bits per heavy atom. The van der Waals surface area contributed by atoms with Crippen molar-refractivity contribution in [1.82, 2.24) is 24.8 Å². The smallest absolute Gasteiger partial charge is 0.223 e. The fraction of sp³-hybridized carbons (Fsp3) is 0.462. The Kier molecular flexibility index (Phi) is 5.32. The molecule has 2 N–H and O–H groups in total. The van der Waals surface area contributed by atoms with Gasteiger partial charge in [-0.05, 0) is 38.3 Å². The molecular formula is C26H32N8. The van der Waals surface area contributed by atoms with Gasteiger partial charge in [-0.15, -0.1) is 0 Å². The average Bonchev–Trinajstić information content (AvgIpc) is 3.21. The van der Waals surface area contributed by atoms with Crippen LogP contribution in [0.2, 0.25) is 0 Å². The third-order valence-electron chi connectivity index (χ3n) is 7.72. The topological polar surface area (TPSA) is 87.3 Å². The molecule has 2 saturated heterocycles. The molecule has 3 aromatic rings. The molecule has 2 aliphatic heterocycles. The summed E-state index contributed by atoms with van der Waals surface area (Å²) in [6, 6.07) is 12.4. The Balaban J connectivity index is 1.30. The van der Waals surface area contributed by atoms with Gasteiger partial charge in [-0.3, -0.25) is 0 Å². The maximum absolute atomic E-state index is 6.20. The number of piperidine rings is 1. The quantitative estimate of drug-likeness (QED) is 0.644. The van der Waals surface area contributed by atoms with Crippen molar-refractivity contribution in [3.05, 3.63) is 53.9 Å². The highest BCUT2D eigenvalue weighted by Crippen LogP contribution is 2.45. The minimum absolute atomic E-state index is 0.0355. The predicted molar refractivity (Wildman–Crippen MR) is 135 cm³/mol. The number of fused-ring (bicyclic) bond motifs is 2. The number of nitrogen functional groups attached to an aromatic ring is 1. The van der Waals surface area contributed by atoms with Gasteiger partial charge in [-0.2, -0.15) is 9.97 Å². The SMILES string of the molecule is CN1CCN(c2cc(N3CCCC4(CCc5cnc(-c6ccccc6)nc54)C3)nc(N)n2)CC1. The zero-order valence-electron chi connectivity index (χ0n) is 19.8. The van der Waals surface area contributed by atoms with Gasteiger partial charge in [0.25, 0.3) is 0 Å². The first-order valence-electron chi connectivity index (χ1n) is 12.3. The minimum Gasteiger partial charge on any atom is -0.368 e. The molecule has 2 fully saturated rings. The zero-order chi connectivity index (χ0) is 23.1. The van der Waals surface area contributed by atoms with Crippen LogP contribution in [0.4, 0.5) is 17.6 Å². The van der Waals surface area contributed by atoms with Crippen molar-refractivity contribution in [2.75, 3.05) is 61.8 Å². The minimum atomic E-state index is 0.0355. The Morgan fingerprint density at radius 2 is 1.65 bits per heavy atom. The summed E-state index contributed by atoms with van der Waals surface area (Å²) in [5, 5.41) is 0. The van der Waals surface area contributed by atoms with Gasteiger partial charge in [-0.1, -0.05) is 30.3 Å². The third-order valence-corrected chi connectivity index (χ3v) is 7.72. The van der Waals surface area contributed by atoms with E-state index in [1.807, 2.05) is 24.4 Å². The molecular weight excluding hydrogens is 424 g/mol. The van der Waals surface area contributed by atoms with Crippen LogP contribution in [0.3, 0.4) is 0 Å². The highest BCUT2D eigenvalue weighted by atomic mass is 15.3. The number of hydrogen-bond acceptors (Lipinski definition) is 8. The molecule has 0 radical (unpaired) electrons. The zero-order valence-corrected chi connectivity index (χ0v) is 19.8. The van der Waals surface area contributed by atoms with Crippen LogP contribution in [-0.4, -0.2) is 71.2 Å². The third kappa shape index (κ3) is 3.86. The number of piperazine rings is 1. The van der Waals surface area contributed by atoms with E-state index < -0.39 is 0 Å². The summed E-state index contributed by atoms with van der Waals surface area (Å²) in [6.45, 7) is 5.88. The largest absolute Gasteiger partial charge is 0.368 e. The first-order chi connectivity index (χ1) is 16.6. The summed E-state index contributed by atoms with van der Waals surface area (Å²) in [6.07, 6.45) is 6.45. The molecule has 1 aliphatic carbocycles. The van der Waals surface area contributed by atoms with E-state index in [0.717, 1.165) is 88.0 Å². The summed E-state index contributed by atoms with van der Waals surface area (Å²) in [7, 11) is 2.16. The molecule has 176 valence electrons. The number of nitrogens with two attached hydrogens (primary N) is 1. The Morgan fingerprint density at radius 1 is 0.882 bits per heavy atom. The van der Waals surface area contributed by atoms with Gasteiger partial charge in [0.2, 0.25) is 5.95 Å². The van der Waals surface area contributed by atoms with E-state index >= 15 is 0 Å². The highest BCUT2D eigenvalue weighted by Gasteiger charge is 2.44. The maximum Gasteiger partial charge on any atom is 0.223 e. The fourth-order valence-corrected chi connectivity index (χ4v) is 5.79. The van der Waals surface area contributed by atoms with Gasteiger partial charge in [0, 0.05) is 62.5 Å². The summed E-state index contributed by atoms with van der Waals surface area (Å²) in [4.78, 5) is 26.1. The molecule has 34 heavy (non-hydrogen) atoms. The van der Waals surface area contributed by atoms with Crippen LogP contribution < -0.4 is 15.5 Å². The van der Waals surface area contributed by atoms with Crippen molar-refractivity contribution in [2.24, 2.45) is 0 Å². The summed E-state index contributed by atoms with van der Waals surface area (Å²) in [5.41, 5.74) is 9.83. The van der Waals surface area contributed by atoms with Crippen LogP contribution in [0.1, 0.15) is 30.5 Å². The van der Waals surface area contributed by atoms with Crippen molar-refractivity contribution in [3.8, 4) is 11.4 Å². The van der Waals surface area contributed by atoms with E-state index in [2.05, 4.69) is 54.9 Å². The predicted octanol–water partition coefficient (Wildman–Crippen LogP) is 2.75. The van der Waals surface area contributed by atoms with Crippen LogP contribution in [0.25, 0.3) is 11.4 Å². The normalized spacial score (nSPS) is 22.9. The Bertz CT molecular complexity index is 1170. The number of likely N-dealkylation sites (N-methyl/N-ethyl adjacent to an activating group) is 1. The van der Waals surface area contributed by atoms with Crippen molar-refractivity contribution in [3.63, 3.8) is 0 Å². The van der Waals surface area contributed by atoms with Crippen LogP contribution in [0, 0.1) is 0 Å². The number of nitrogens with zero attached hydrogens (tertiary/aromatic N) is 7. The average molecular weight is 457 g/mol. The molecule has 8 heteroatoms. The van der Waals surface area contributed by atoms with Gasteiger partial charge < -0.3 is 20.4 Å². The number of rotatable bonds is 3. The van der Waals surface area contributed by atoms with Crippen molar-refractivity contribution in [1.29, 1.82) is 0 Å². The van der Waals surface area contributed by atoms with Gasteiger partial charge >= 0.3 is 0 Å². The summed E-state index contributed by atoms with van der Waals surface area (Å²) < 4.78 is 0. The van der Waals surface area contributed by atoms with E-state index in [4.69, 9.17) is 10.7 Å². The van der Waals surface area contributed by atoms with Crippen LogP contribution >= 0.6 is 0 Å². The van der Waals surface area contributed by atoms with E-state index in [1.165, 1.54) is 11.3 Å². The fourth-order valence-electron chi connectivity index (χ4n) is 5.79. The van der Waals surface area contributed by atoms with Gasteiger partial charge in [0.05, 0.1) is 5.69 Å². The molecule has 4 heterocycles. The summed E-state index contributed by atoms with van der Waals surface area (Å²) in [5.74, 6) is 3.05. The maximum atomic E-state index is 6.20. The molecule has 1 spiro atoms. The van der Waals surface area contributed by atoms with E-state index in [-0.39, 0.29) is 5.41 Å². The molecule has 2 aromatic heterocycles. The lowest BCUT2D eigenvalue weighted by atomic mass is 9.77. The molecule has 0 saturated carbocycles. The number of anilines is 3. The molecule has 8 nitrogen and oxygen atoms in total. The molecule has 1 atom stereocenters. The van der Waals surface area contributed by atoms with Crippen molar-refractivity contribution in [2.45, 2.75) is 31.1 Å². The molecule has 6 rings (SSSR count). The van der Waals surface area contributed by atoms with Crippen LogP contribution in [0.15, 0.2) is 42.6 Å². The van der Waals surface area contributed by atoms with Crippen molar-refractivity contribution < 1.29 is 0 Å². The lowest BCUT2D eigenvalue weighted by Gasteiger charge is -2.41. The second-order valence-corrected chi connectivity index (χ2v) is 9.97. The number of aromatic nitrogens is 4. The van der Waals surface area contributed by atoms with E-state index in [1.54, 1.807) is 0 Å². The lowest BCUT2D eigenvalue weighted by Crippen LogP contribution is -2.46. The van der Waals surface area contributed by atoms with Gasteiger partial charge in [-0.25, -0.2) is 9.97 Å². The Labute approximate surface area is 200 Å². The standard InChI is InChI=1S/C26H32N8/c1-32-12-14-33(15-13-32)21-16-22(30-25(27)29-21)34-11-5-9-26(18-34)10-8-20-17-28-24(31-23(20)26)19-6-3-2-4-7-19/h2-4,6-7,16-17H,5,8-15,18H2,1H3,(H2,27,29,30). The van der Waals surface area contributed by atoms with E-state index in [9.17, 15) is 0 Å². The first kappa shape index (κ1) is 21.3. The molecule has 1 aromatic carbocycles. The van der Waals surface area contributed by atoms with Crippen LogP contribution in [0.5, 0.6) is 0 Å². The lowest BCUT2D eigenvalue weighted by molar-refractivity contribution is 0.312. The molecule has 3 aliphatic rings. The van der Waals surface area contributed by atoms with Gasteiger partial charge in [0.15, 0.2) is 5.82 Å².